The number of hydrogen-bond acceptors (Lipinski definition) is 8. The van der Waals surface area contributed by atoms with E-state index in [2.05, 4.69) is 0 Å². The van der Waals surface area contributed by atoms with Crippen molar-refractivity contribution in [3.63, 3.8) is 0 Å². The Labute approximate surface area is 230 Å². The minimum absolute atomic E-state index is 0.0190. The Morgan fingerprint density at radius 1 is 0.923 bits per heavy atom. The van der Waals surface area contributed by atoms with Crippen LogP contribution in [-0.4, -0.2) is 56.1 Å². The summed E-state index contributed by atoms with van der Waals surface area (Å²) in [6.07, 6.45) is 0. The summed E-state index contributed by atoms with van der Waals surface area (Å²) in [7, 11) is 5.62. The highest BCUT2D eigenvalue weighted by Gasteiger charge is 2.46. The van der Waals surface area contributed by atoms with Gasteiger partial charge in [0, 0.05) is 12.6 Å². The average molecular weight is 552 g/mol. The van der Waals surface area contributed by atoms with Crippen LogP contribution in [0.3, 0.4) is 0 Å². The monoisotopic (exact) mass is 551 g/mol. The van der Waals surface area contributed by atoms with E-state index in [-0.39, 0.29) is 28.5 Å². The van der Waals surface area contributed by atoms with Gasteiger partial charge in [0.25, 0.3) is 11.7 Å². The number of hydrogen-bond donors (Lipinski definition) is 1. The van der Waals surface area contributed by atoms with Crippen molar-refractivity contribution in [1.82, 2.24) is 4.90 Å². The molecule has 3 aromatic rings. The number of carbonyl (C=O) groups is 3. The van der Waals surface area contributed by atoms with Crippen molar-refractivity contribution in [3.8, 4) is 17.2 Å². The van der Waals surface area contributed by atoms with E-state index >= 15 is 0 Å². The van der Waals surface area contributed by atoms with Crippen LogP contribution in [0, 0.1) is 0 Å². The van der Waals surface area contributed by atoms with E-state index in [0.717, 1.165) is 0 Å². The van der Waals surface area contributed by atoms with Gasteiger partial charge in [-0.05, 0) is 41.5 Å². The van der Waals surface area contributed by atoms with Gasteiger partial charge in [0.05, 0.1) is 56.2 Å². The van der Waals surface area contributed by atoms with E-state index in [4.69, 9.17) is 30.5 Å². The fourth-order valence-electron chi connectivity index (χ4n) is 4.45. The number of Topliss-reactive ketones (excluding diaryl/α,β-unsaturated/α-hetero) is 1. The molecule has 0 aliphatic carbocycles. The fraction of sp³-hybridized carbons (Fsp3) is 0.207. The molecule has 0 spiro atoms. The third-order valence-electron chi connectivity index (χ3n) is 6.41. The lowest BCUT2D eigenvalue weighted by Gasteiger charge is -2.26. The Morgan fingerprint density at radius 3 is 2.23 bits per heavy atom. The number of aliphatic hydroxyl groups is 1. The zero-order valence-corrected chi connectivity index (χ0v) is 22.4. The van der Waals surface area contributed by atoms with Crippen LogP contribution in [0.25, 0.3) is 5.76 Å². The molecule has 202 valence electrons. The van der Waals surface area contributed by atoms with Crippen LogP contribution in [0.5, 0.6) is 17.2 Å². The van der Waals surface area contributed by atoms with Crippen molar-refractivity contribution < 1.29 is 38.4 Å². The molecule has 1 saturated heterocycles. The SMILES string of the molecule is COC(=O)c1ccc(CN2C(=O)C(=O)/C(=C(/O)c3cc(Cl)c(OC)cc3OC)C2c2cccc(OC)c2)cc1. The van der Waals surface area contributed by atoms with Crippen LogP contribution in [-0.2, 0) is 20.9 Å². The lowest BCUT2D eigenvalue weighted by Crippen LogP contribution is -2.29. The molecule has 1 atom stereocenters. The zero-order valence-electron chi connectivity index (χ0n) is 21.7. The third-order valence-corrected chi connectivity index (χ3v) is 6.70. The Bertz CT molecular complexity index is 1460. The summed E-state index contributed by atoms with van der Waals surface area (Å²) in [5.41, 5.74) is 1.52. The summed E-state index contributed by atoms with van der Waals surface area (Å²) in [5, 5.41) is 11.7. The molecular weight excluding hydrogens is 526 g/mol. The summed E-state index contributed by atoms with van der Waals surface area (Å²) >= 11 is 6.32. The maximum Gasteiger partial charge on any atom is 0.337 e. The second-order valence-electron chi connectivity index (χ2n) is 8.58. The topological polar surface area (TPSA) is 112 Å². The van der Waals surface area contributed by atoms with E-state index in [1.165, 1.54) is 45.5 Å². The number of carbonyl (C=O) groups excluding carboxylic acids is 3. The Balaban J connectivity index is 1.87. The van der Waals surface area contributed by atoms with Gasteiger partial charge < -0.3 is 29.0 Å². The van der Waals surface area contributed by atoms with Crippen LogP contribution < -0.4 is 14.2 Å². The molecule has 1 fully saturated rings. The highest BCUT2D eigenvalue weighted by atomic mass is 35.5. The van der Waals surface area contributed by atoms with Gasteiger partial charge in [0.1, 0.15) is 23.0 Å². The van der Waals surface area contributed by atoms with Crippen LogP contribution in [0.1, 0.15) is 33.1 Å². The number of aliphatic hydroxyl groups excluding tert-OH is 1. The van der Waals surface area contributed by atoms with Crippen molar-refractivity contribution >= 4 is 35.0 Å². The molecule has 0 radical (unpaired) electrons. The van der Waals surface area contributed by atoms with Crippen molar-refractivity contribution in [1.29, 1.82) is 0 Å². The number of ketones is 1. The van der Waals surface area contributed by atoms with Gasteiger partial charge >= 0.3 is 5.97 Å². The molecule has 4 rings (SSSR count). The minimum atomic E-state index is -0.967. The number of esters is 1. The van der Waals surface area contributed by atoms with E-state index in [1.807, 2.05) is 0 Å². The minimum Gasteiger partial charge on any atom is -0.507 e. The number of benzene rings is 3. The molecule has 1 amide bonds. The zero-order chi connectivity index (χ0) is 28.3. The Hall–Kier alpha value is -4.50. The Morgan fingerprint density at radius 2 is 1.62 bits per heavy atom. The van der Waals surface area contributed by atoms with Gasteiger partial charge in [0.15, 0.2) is 0 Å². The average Bonchev–Trinajstić information content (AvgIpc) is 3.21. The van der Waals surface area contributed by atoms with Gasteiger partial charge in [-0.3, -0.25) is 9.59 Å². The first-order valence-corrected chi connectivity index (χ1v) is 12.1. The molecule has 1 aliphatic rings. The maximum atomic E-state index is 13.4. The van der Waals surface area contributed by atoms with Crippen LogP contribution in [0.15, 0.2) is 66.2 Å². The molecule has 10 heteroatoms. The van der Waals surface area contributed by atoms with Crippen LogP contribution >= 0.6 is 11.6 Å². The molecule has 1 unspecified atom stereocenters. The van der Waals surface area contributed by atoms with Crippen molar-refractivity contribution in [3.05, 3.63) is 93.5 Å². The first-order valence-electron chi connectivity index (χ1n) is 11.8. The molecule has 9 nitrogen and oxygen atoms in total. The quantitative estimate of drug-likeness (QED) is 0.184. The highest BCUT2D eigenvalue weighted by molar-refractivity contribution is 6.46. The molecule has 0 saturated carbocycles. The summed E-state index contributed by atoms with van der Waals surface area (Å²) in [5.74, 6) is -1.62. The number of halogens is 1. The smallest absolute Gasteiger partial charge is 0.337 e. The van der Waals surface area contributed by atoms with Gasteiger partial charge in [0.2, 0.25) is 0 Å². The first kappa shape index (κ1) is 27.5. The van der Waals surface area contributed by atoms with Gasteiger partial charge in [-0.25, -0.2) is 4.79 Å². The lowest BCUT2D eigenvalue weighted by atomic mass is 9.94. The number of methoxy groups -OCH3 is 4. The molecular formula is C29H26ClNO8. The molecule has 3 aromatic carbocycles. The second kappa shape index (κ2) is 11.5. The van der Waals surface area contributed by atoms with E-state index in [9.17, 15) is 19.5 Å². The standard InChI is InChI=1S/C29H26ClNO8/c1-36-19-7-5-6-18(12-19)25-24(26(32)20-13-21(30)23(38-3)14-22(20)37-2)27(33)28(34)31(25)15-16-8-10-17(11-9-16)29(35)39-4/h5-14,25,32H,15H2,1-4H3/b26-24+. The van der Waals surface area contributed by atoms with Gasteiger partial charge in [-0.1, -0.05) is 35.9 Å². The highest BCUT2D eigenvalue weighted by Crippen LogP contribution is 2.44. The molecule has 1 N–H and O–H groups in total. The van der Waals surface area contributed by atoms with Crippen molar-refractivity contribution in [2.45, 2.75) is 12.6 Å². The number of rotatable bonds is 8. The molecule has 0 bridgehead atoms. The van der Waals surface area contributed by atoms with Crippen LogP contribution in [0.2, 0.25) is 5.02 Å². The normalized spacial score (nSPS) is 16.2. The summed E-state index contributed by atoms with van der Waals surface area (Å²) in [6.45, 7) is 0.0190. The maximum absolute atomic E-state index is 13.4. The summed E-state index contributed by atoms with van der Waals surface area (Å²) in [6, 6.07) is 15.3. The summed E-state index contributed by atoms with van der Waals surface area (Å²) in [4.78, 5) is 40.0. The molecule has 1 heterocycles. The van der Waals surface area contributed by atoms with Gasteiger partial charge in [-0.15, -0.1) is 0 Å². The van der Waals surface area contributed by atoms with E-state index < -0.39 is 29.5 Å². The molecule has 39 heavy (non-hydrogen) atoms. The Kier molecular flexibility index (Phi) is 8.11. The number of amides is 1. The number of nitrogens with zero attached hydrogens (tertiary/aromatic N) is 1. The predicted molar refractivity (Wildman–Crippen MR) is 143 cm³/mol. The lowest BCUT2D eigenvalue weighted by molar-refractivity contribution is -0.140. The number of likely N-dealkylation sites (tertiary alicyclic amines) is 1. The number of ether oxygens (including phenoxy) is 4. The third kappa shape index (κ3) is 5.26. The summed E-state index contributed by atoms with van der Waals surface area (Å²) < 4.78 is 20.8. The molecule has 0 aromatic heterocycles. The molecule has 1 aliphatic heterocycles. The van der Waals surface area contributed by atoms with E-state index in [1.54, 1.807) is 48.5 Å². The second-order valence-corrected chi connectivity index (χ2v) is 8.99. The predicted octanol–water partition coefficient (Wildman–Crippen LogP) is 4.77. The van der Waals surface area contributed by atoms with E-state index in [0.29, 0.717) is 28.2 Å². The largest absolute Gasteiger partial charge is 0.507 e. The fourth-order valence-corrected chi connectivity index (χ4v) is 4.69. The van der Waals surface area contributed by atoms with Crippen molar-refractivity contribution in [2.24, 2.45) is 0 Å². The van der Waals surface area contributed by atoms with Crippen LogP contribution in [0.4, 0.5) is 0 Å². The van der Waals surface area contributed by atoms with Gasteiger partial charge in [-0.2, -0.15) is 0 Å². The first-order chi connectivity index (χ1) is 18.7. The van der Waals surface area contributed by atoms with Crippen molar-refractivity contribution in [2.75, 3.05) is 28.4 Å².